The quantitative estimate of drug-likeness (QED) is 0.665. The van der Waals surface area contributed by atoms with Crippen LogP contribution in [0.4, 0.5) is 10.5 Å². The molecule has 3 aliphatic carbocycles. The zero-order chi connectivity index (χ0) is 21.3. The zero-order valence-electron chi connectivity index (χ0n) is 17.0. The number of hydrogen-bond acceptors (Lipinski definition) is 6. The number of nitrogens with one attached hydrogen (secondary N) is 1. The van der Waals surface area contributed by atoms with Crippen molar-refractivity contribution in [1.29, 1.82) is 0 Å². The average molecular weight is 448 g/mol. The van der Waals surface area contributed by atoms with Gasteiger partial charge in [-0.1, -0.05) is 0 Å². The lowest BCUT2D eigenvalue weighted by molar-refractivity contribution is 0.0823. The first kappa shape index (κ1) is 20.0. The highest BCUT2D eigenvalue weighted by atomic mass is 32.2. The van der Waals surface area contributed by atoms with Gasteiger partial charge in [0.25, 0.3) is 0 Å². The smallest absolute Gasteiger partial charge is 0.354 e. The fourth-order valence-corrected chi connectivity index (χ4v) is 6.63. The summed E-state index contributed by atoms with van der Waals surface area (Å²) in [4.78, 5) is 22.3. The maximum absolute atomic E-state index is 12.9. The summed E-state index contributed by atoms with van der Waals surface area (Å²) in [5.41, 5.74) is 4.28. The lowest BCUT2D eigenvalue weighted by Gasteiger charge is -2.16. The van der Waals surface area contributed by atoms with Crippen LogP contribution in [0.3, 0.4) is 0 Å². The van der Waals surface area contributed by atoms with Gasteiger partial charge in [-0.05, 0) is 69.9 Å². The first-order valence-corrected chi connectivity index (χ1v) is 12.6. The summed E-state index contributed by atoms with van der Waals surface area (Å²) in [5, 5.41) is 18.9. The molecular formula is C20H25N5O3S2. The summed E-state index contributed by atoms with van der Waals surface area (Å²) in [6, 6.07) is -0.734. The minimum absolute atomic E-state index is 0.0249. The largest absolute Gasteiger partial charge is 0.385 e. The molecule has 1 fully saturated rings. The summed E-state index contributed by atoms with van der Waals surface area (Å²) in [6.07, 6.45) is 8.52. The average Bonchev–Trinajstić information content (AvgIpc) is 3.05. The number of aliphatic hydroxyl groups is 1. The number of fused-ring (bicyclic) bond motifs is 3. The molecule has 0 aromatic carbocycles. The van der Waals surface area contributed by atoms with Gasteiger partial charge in [0.2, 0.25) is 4.34 Å². The minimum Gasteiger partial charge on any atom is -0.385 e. The Morgan fingerprint density at radius 1 is 1.30 bits per heavy atom. The van der Waals surface area contributed by atoms with E-state index in [1.165, 1.54) is 6.20 Å². The number of urea groups is 1. The van der Waals surface area contributed by atoms with Crippen molar-refractivity contribution in [2.24, 2.45) is 9.50 Å². The fraction of sp³-hybridized carbons (Fsp3) is 0.550. The maximum Gasteiger partial charge on any atom is 0.354 e. The third-order valence-electron chi connectivity index (χ3n) is 6.32. The van der Waals surface area contributed by atoms with Crippen molar-refractivity contribution in [3.05, 3.63) is 33.6 Å². The second kappa shape index (κ2) is 6.56. The number of aromatic nitrogens is 2. The van der Waals surface area contributed by atoms with Crippen molar-refractivity contribution in [3.8, 4) is 0 Å². The van der Waals surface area contributed by atoms with Gasteiger partial charge in [0.15, 0.2) is 9.92 Å². The number of pyridine rings is 1. The Morgan fingerprint density at radius 3 is 2.73 bits per heavy atom. The number of carbonyl (C=O) groups is 1. The first-order valence-electron chi connectivity index (χ1n) is 10.2. The molecule has 4 N–H and O–H groups in total. The van der Waals surface area contributed by atoms with Gasteiger partial charge in [-0.2, -0.15) is 0 Å². The lowest BCUT2D eigenvalue weighted by Crippen LogP contribution is -2.19. The molecule has 10 heteroatoms. The second-order valence-electron chi connectivity index (χ2n) is 9.01. The van der Waals surface area contributed by atoms with Gasteiger partial charge < -0.3 is 10.4 Å². The molecule has 2 heterocycles. The molecule has 0 aliphatic heterocycles. The standard InChI is InChI=1S/C20H25N5O3S2/c1-19(2,27)14-10-22-18(29-14)30(21,28)25-17(26)24-15-11-4-3-5-13(11)23-16-12(15)6-7-20(16)8-9-20/h10,27H,3-9H2,1-2H3,(H3,21,23,24,25,26,28)/t30-/m0/s1. The Labute approximate surface area is 179 Å². The van der Waals surface area contributed by atoms with Gasteiger partial charge in [0.1, 0.15) is 0 Å². The Kier molecular flexibility index (Phi) is 4.38. The number of nitrogens with zero attached hydrogens (tertiary/aromatic N) is 3. The van der Waals surface area contributed by atoms with E-state index in [9.17, 15) is 14.1 Å². The molecule has 30 heavy (non-hydrogen) atoms. The Bertz CT molecular complexity index is 1180. The van der Waals surface area contributed by atoms with Gasteiger partial charge in [0.05, 0.1) is 21.9 Å². The third-order valence-corrected chi connectivity index (χ3v) is 9.44. The normalized spacial score (nSPS) is 20.5. The minimum atomic E-state index is -3.51. The highest BCUT2D eigenvalue weighted by Crippen LogP contribution is 2.58. The summed E-state index contributed by atoms with van der Waals surface area (Å²) in [7, 11) is -3.51. The Balaban J connectivity index is 1.48. The molecule has 5 rings (SSSR count). The van der Waals surface area contributed by atoms with E-state index in [0.29, 0.717) is 4.88 Å². The molecule has 8 nitrogen and oxygen atoms in total. The van der Waals surface area contributed by atoms with Gasteiger partial charge in [-0.3, -0.25) is 4.98 Å². The number of nitrogens with two attached hydrogens (primary N) is 1. The van der Waals surface area contributed by atoms with Crippen molar-refractivity contribution < 1.29 is 14.1 Å². The molecule has 2 aromatic heterocycles. The van der Waals surface area contributed by atoms with Crippen molar-refractivity contribution >= 4 is 33.0 Å². The predicted molar refractivity (Wildman–Crippen MR) is 115 cm³/mol. The van der Waals surface area contributed by atoms with Gasteiger partial charge >= 0.3 is 6.03 Å². The molecule has 0 radical (unpaired) electrons. The van der Waals surface area contributed by atoms with Crippen LogP contribution in [0.15, 0.2) is 14.9 Å². The van der Waals surface area contributed by atoms with Gasteiger partial charge in [-0.15, -0.1) is 15.7 Å². The van der Waals surface area contributed by atoms with Gasteiger partial charge in [0, 0.05) is 17.3 Å². The molecule has 1 saturated carbocycles. The highest BCUT2D eigenvalue weighted by molar-refractivity contribution is 7.93. The number of anilines is 1. The van der Waals surface area contributed by atoms with Crippen molar-refractivity contribution in [3.63, 3.8) is 0 Å². The van der Waals surface area contributed by atoms with E-state index < -0.39 is 21.5 Å². The van der Waals surface area contributed by atoms with E-state index >= 15 is 0 Å². The van der Waals surface area contributed by atoms with Crippen LogP contribution in [0.5, 0.6) is 0 Å². The molecule has 0 unspecified atom stereocenters. The number of amides is 2. The van der Waals surface area contributed by atoms with Crippen LogP contribution in [-0.4, -0.2) is 25.3 Å². The monoisotopic (exact) mass is 447 g/mol. The van der Waals surface area contributed by atoms with Crippen LogP contribution in [-0.2, 0) is 40.2 Å². The number of rotatable bonds is 3. The molecule has 160 valence electrons. The van der Waals surface area contributed by atoms with Crippen LogP contribution in [0.2, 0.25) is 0 Å². The van der Waals surface area contributed by atoms with Crippen molar-refractivity contribution in [2.75, 3.05) is 5.32 Å². The van der Waals surface area contributed by atoms with Crippen LogP contribution >= 0.6 is 11.3 Å². The molecule has 1 atom stereocenters. The summed E-state index contributed by atoms with van der Waals surface area (Å²) >= 11 is 0.998. The lowest BCUT2D eigenvalue weighted by atomic mass is 10.0. The molecule has 2 aromatic rings. The number of carbonyl (C=O) groups excluding carboxylic acids is 1. The summed E-state index contributed by atoms with van der Waals surface area (Å²) < 4.78 is 16.7. The SMILES string of the molecule is CC(C)(O)c1cnc([S@@](N)(=O)=NC(=O)Nc2c3c(nc4c2CCC42CC2)CCC3)s1. The van der Waals surface area contributed by atoms with E-state index in [4.69, 9.17) is 10.1 Å². The second-order valence-corrected chi connectivity index (χ2v) is 12.0. The summed E-state index contributed by atoms with van der Waals surface area (Å²) in [6.45, 7) is 3.20. The van der Waals surface area contributed by atoms with E-state index in [0.717, 1.165) is 84.5 Å². The maximum atomic E-state index is 12.9. The van der Waals surface area contributed by atoms with E-state index in [1.54, 1.807) is 13.8 Å². The number of hydrogen-bond donors (Lipinski definition) is 3. The molecule has 0 bridgehead atoms. The third kappa shape index (κ3) is 3.26. The van der Waals surface area contributed by atoms with Crippen LogP contribution in [0.1, 0.15) is 66.9 Å². The number of thiazole rings is 1. The molecular weight excluding hydrogens is 422 g/mol. The van der Waals surface area contributed by atoms with Crippen LogP contribution in [0, 0.1) is 0 Å². The molecule has 0 saturated heterocycles. The van der Waals surface area contributed by atoms with Gasteiger partial charge in [-0.25, -0.2) is 19.1 Å². The Morgan fingerprint density at radius 2 is 2.07 bits per heavy atom. The predicted octanol–water partition coefficient (Wildman–Crippen LogP) is 3.16. The fourth-order valence-electron chi connectivity index (χ4n) is 4.54. The first-order chi connectivity index (χ1) is 14.1. The van der Waals surface area contributed by atoms with E-state index in [1.807, 2.05) is 0 Å². The topological polar surface area (TPSA) is 131 Å². The van der Waals surface area contributed by atoms with E-state index in [2.05, 4.69) is 14.7 Å². The number of aryl methyl sites for hydroxylation is 1. The Hall–Kier alpha value is -1.88. The highest BCUT2D eigenvalue weighted by Gasteiger charge is 2.51. The van der Waals surface area contributed by atoms with Crippen LogP contribution in [0.25, 0.3) is 0 Å². The molecule has 2 amide bonds. The molecule has 3 aliphatic rings. The molecule has 1 spiro atoms. The van der Waals surface area contributed by atoms with Crippen molar-refractivity contribution in [2.45, 2.75) is 74.1 Å². The summed E-state index contributed by atoms with van der Waals surface area (Å²) in [5.74, 6) is 0. The van der Waals surface area contributed by atoms with Crippen LogP contribution < -0.4 is 10.5 Å². The zero-order valence-corrected chi connectivity index (χ0v) is 18.7. The van der Waals surface area contributed by atoms with E-state index in [-0.39, 0.29) is 9.75 Å². The van der Waals surface area contributed by atoms with Crippen molar-refractivity contribution in [1.82, 2.24) is 9.97 Å².